The van der Waals surface area contributed by atoms with E-state index in [0.717, 1.165) is 22.6 Å². The summed E-state index contributed by atoms with van der Waals surface area (Å²) in [6.07, 6.45) is 19.1. The van der Waals surface area contributed by atoms with E-state index in [-0.39, 0.29) is 15.8 Å². The van der Waals surface area contributed by atoms with Gasteiger partial charge < -0.3 is 0 Å². The maximum atomic E-state index is 2.55. The first kappa shape index (κ1) is 18.6. The van der Waals surface area contributed by atoms with E-state index in [1.165, 1.54) is 51.4 Å². The van der Waals surface area contributed by atoms with Crippen molar-refractivity contribution in [3.63, 3.8) is 0 Å². The normalized spacial score (nSPS) is 42.8. The Morgan fingerprint density at radius 3 is 1.22 bits per heavy atom. The third kappa shape index (κ3) is 3.56. The van der Waals surface area contributed by atoms with Crippen LogP contribution >= 0.6 is 15.8 Å². The molecule has 0 aromatic carbocycles. The molecule has 23 heavy (non-hydrogen) atoms. The third-order valence-electron chi connectivity index (χ3n) is 6.45. The molecule has 2 heterocycles. The maximum Gasteiger partial charge on any atom is 0.0160 e. The number of hydrogen-bond acceptors (Lipinski definition) is 0. The number of hydrogen-bond donors (Lipinski definition) is 0. The summed E-state index contributed by atoms with van der Waals surface area (Å²) in [6, 6.07) is 0. The molecule has 3 fully saturated rings. The van der Waals surface area contributed by atoms with Crippen molar-refractivity contribution in [2.75, 3.05) is 0 Å². The Morgan fingerprint density at radius 2 is 0.957 bits per heavy atom. The predicted molar refractivity (Wildman–Crippen MR) is 108 cm³/mol. The molecule has 5 radical (unpaired) electrons. The monoisotopic (exact) mass is 349 g/mol. The Balaban J connectivity index is 1.81. The van der Waals surface area contributed by atoms with Crippen LogP contribution in [0.25, 0.3) is 0 Å². The molecule has 2 saturated heterocycles. The average Bonchev–Trinajstić information content (AvgIpc) is 3.29. The van der Waals surface area contributed by atoms with Crippen molar-refractivity contribution in [2.45, 2.75) is 102 Å². The van der Waals surface area contributed by atoms with Crippen LogP contribution in [0, 0.1) is 30.6 Å². The van der Waals surface area contributed by atoms with Crippen LogP contribution in [0.1, 0.15) is 79.1 Å². The van der Waals surface area contributed by atoms with E-state index in [4.69, 9.17) is 0 Å². The lowest BCUT2D eigenvalue weighted by molar-refractivity contribution is 0.696. The molecule has 4 atom stereocenters. The van der Waals surface area contributed by atoms with E-state index in [1.54, 1.807) is 0 Å². The Morgan fingerprint density at radius 1 is 0.652 bits per heavy atom. The van der Waals surface area contributed by atoms with E-state index in [1.807, 2.05) is 11.3 Å². The molecule has 3 rings (SSSR count). The summed E-state index contributed by atoms with van der Waals surface area (Å²) in [5, 5.41) is 0. The zero-order valence-corrected chi connectivity index (χ0v) is 17.4. The second-order valence-electron chi connectivity index (χ2n) is 7.51. The Bertz CT molecular complexity index is 311. The van der Waals surface area contributed by atoms with E-state index < -0.39 is 0 Å². The van der Waals surface area contributed by atoms with Crippen LogP contribution in [0.5, 0.6) is 0 Å². The number of rotatable bonds is 6. The van der Waals surface area contributed by atoms with Crippen molar-refractivity contribution < 1.29 is 0 Å². The zero-order chi connectivity index (χ0) is 16.4. The first-order chi connectivity index (χ1) is 11.2. The molecule has 0 spiro atoms. The molecule has 1 aliphatic carbocycles. The quantitative estimate of drug-likeness (QED) is 0.440. The van der Waals surface area contributed by atoms with Gasteiger partial charge in [-0.15, -0.1) is 0 Å². The average molecular weight is 349 g/mol. The SMILES string of the molecule is CCC1CCC(CC)P1[C]1[CH][CH][CH][C]1P1C(CC)CCC1CC. The van der Waals surface area contributed by atoms with Gasteiger partial charge in [-0.05, 0) is 93.3 Å². The zero-order valence-electron chi connectivity index (χ0n) is 15.6. The van der Waals surface area contributed by atoms with Crippen molar-refractivity contribution in [1.29, 1.82) is 0 Å². The lowest BCUT2D eigenvalue weighted by Crippen LogP contribution is -2.16. The molecular weight excluding hydrogens is 314 g/mol. The van der Waals surface area contributed by atoms with Gasteiger partial charge >= 0.3 is 0 Å². The third-order valence-corrected chi connectivity index (χ3v) is 14.2. The molecule has 2 heteroatoms. The van der Waals surface area contributed by atoms with Gasteiger partial charge in [-0.1, -0.05) is 43.5 Å². The Hall–Kier alpha value is 0.860. The summed E-state index contributed by atoms with van der Waals surface area (Å²) in [4.78, 5) is 0. The minimum Gasteiger partial charge on any atom is -0.0917 e. The molecule has 0 nitrogen and oxygen atoms in total. The van der Waals surface area contributed by atoms with Crippen molar-refractivity contribution in [1.82, 2.24) is 0 Å². The van der Waals surface area contributed by atoms with Gasteiger partial charge in [0.25, 0.3) is 0 Å². The fraction of sp³-hybridized carbons (Fsp3) is 0.762. The smallest absolute Gasteiger partial charge is 0.0160 e. The first-order valence-electron chi connectivity index (χ1n) is 10.1. The van der Waals surface area contributed by atoms with Gasteiger partial charge in [0.05, 0.1) is 0 Å². The van der Waals surface area contributed by atoms with E-state index >= 15 is 0 Å². The lowest BCUT2D eigenvalue weighted by atomic mass is 10.1. The van der Waals surface area contributed by atoms with Crippen molar-refractivity contribution >= 4 is 15.8 Å². The van der Waals surface area contributed by atoms with Crippen LogP contribution in [0.4, 0.5) is 0 Å². The molecule has 0 aromatic rings. The summed E-state index contributed by atoms with van der Waals surface area (Å²) in [6.45, 7) is 9.74. The predicted octanol–water partition coefficient (Wildman–Crippen LogP) is 7.34. The topological polar surface area (TPSA) is 0 Å². The van der Waals surface area contributed by atoms with Crippen LogP contribution in [0.15, 0.2) is 0 Å². The summed E-state index contributed by atoms with van der Waals surface area (Å²) in [7, 11) is 0.202. The second-order valence-corrected chi connectivity index (χ2v) is 13.0. The molecule has 4 unspecified atom stereocenters. The molecule has 1 saturated carbocycles. The fourth-order valence-corrected chi connectivity index (χ4v) is 13.1. The molecule has 0 N–H and O–H groups in total. The Kier molecular flexibility index (Phi) is 6.89. The van der Waals surface area contributed by atoms with Crippen LogP contribution in [0.3, 0.4) is 0 Å². The van der Waals surface area contributed by atoms with Crippen LogP contribution in [-0.4, -0.2) is 22.6 Å². The van der Waals surface area contributed by atoms with Gasteiger partial charge in [0.15, 0.2) is 0 Å². The van der Waals surface area contributed by atoms with Crippen LogP contribution in [-0.2, 0) is 0 Å². The van der Waals surface area contributed by atoms with Crippen molar-refractivity contribution in [2.24, 2.45) is 0 Å². The van der Waals surface area contributed by atoms with Crippen molar-refractivity contribution in [3.8, 4) is 0 Å². The fourth-order valence-electron chi connectivity index (χ4n) is 5.15. The van der Waals surface area contributed by atoms with E-state index in [0.29, 0.717) is 0 Å². The highest BCUT2D eigenvalue weighted by Gasteiger charge is 2.50. The summed E-state index contributed by atoms with van der Waals surface area (Å²) in [5.74, 6) is 0. The highest BCUT2D eigenvalue weighted by atomic mass is 31.1. The van der Waals surface area contributed by atoms with Crippen molar-refractivity contribution in [3.05, 3.63) is 30.6 Å². The van der Waals surface area contributed by atoms with Gasteiger partial charge in [-0.25, -0.2) is 0 Å². The molecule has 0 bridgehead atoms. The van der Waals surface area contributed by atoms with Gasteiger partial charge in [0, 0.05) is 11.3 Å². The largest absolute Gasteiger partial charge is 0.0917 e. The van der Waals surface area contributed by atoms with E-state index in [2.05, 4.69) is 47.0 Å². The summed E-state index contributed by atoms with van der Waals surface area (Å²) in [5.41, 5.74) is 7.76. The highest BCUT2D eigenvalue weighted by Crippen LogP contribution is 2.78. The Labute approximate surface area is 148 Å². The van der Waals surface area contributed by atoms with Gasteiger partial charge in [0.1, 0.15) is 0 Å². The molecule has 0 aromatic heterocycles. The highest BCUT2D eigenvalue weighted by molar-refractivity contribution is 7.68. The maximum absolute atomic E-state index is 2.55. The van der Waals surface area contributed by atoms with Gasteiger partial charge in [0.2, 0.25) is 0 Å². The lowest BCUT2D eigenvalue weighted by Gasteiger charge is -2.39. The molecule has 0 amide bonds. The minimum absolute atomic E-state index is 0.101. The van der Waals surface area contributed by atoms with E-state index in [9.17, 15) is 0 Å². The summed E-state index contributed by atoms with van der Waals surface area (Å²) >= 11 is 0. The standard InChI is InChI=1S/C21H35P2/c1-5-16-12-13-17(6-2)22(16)20-10-9-11-21(20)23-18(7-3)14-15-19(23)8-4/h9-11,16-19H,5-8,12-15H2,1-4H3. The van der Waals surface area contributed by atoms with Gasteiger partial charge in [-0.3, -0.25) is 0 Å². The minimum atomic E-state index is 0.101. The molecular formula is C21H35P2. The second kappa shape index (κ2) is 8.49. The molecule has 2 aliphatic heterocycles. The summed E-state index contributed by atoms with van der Waals surface area (Å²) < 4.78 is 0. The molecule has 129 valence electrons. The first-order valence-corrected chi connectivity index (χ1v) is 13.0. The van der Waals surface area contributed by atoms with Gasteiger partial charge in [-0.2, -0.15) is 0 Å². The van der Waals surface area contributed by atoms with Crippen LogP contribution < -0.4 is 0 Å². The van der Waals surface area contributed by atoms with Crippen LogP contribution in [0.2, 0.25) is 0 Å². The molecule has 3 aliphatic rings.